The van der Waals surface area contributed by atoms with Crippen LogP contribution in [0, 0.1) is 6.92 Å². The van der Waals surface area contributed by atoms with E-state index in [4.69, 9.17) is 5.11 Å². The van der Waals surface area contributed by atoms with Gasteiger partial charge in [0.15, 0.2) is 5.69 Å². The normalized spacial score (nSPS) is 10.8. The van der Waals surface area contributed by atoms with E-state index in [1.54, 1.807) is 4.68 Å². The van der Waals surface area contributed by atoms with Gasteiger partial charge in [-0.05, 0) is 19.1 Å². The lowest BCUT2D eigenvalue weighted by Gasteiger charge is -2.03. The van der Waals surface area contributed by atoms with E-state index in [1.807, 2.05) is 31.2 Å². The number of carbonyl (C=O) groups is 1. The Morgan fingerprint density at radius 1 is 1.21 bits per heavy atom. The zero-order valence-corrected chi connectivity index (χ0v) is 10.1. The quantitative estimate of drug-likeness (QED) is 0.754. The summed E-state index contributed by atoms with van der Waals surface area (Å²) in [4.78, 5) is 11.1. The van der Waals surface area contributed by atoms with Crippen LogP contribution in [-0.4, -0.2) is 31.1 Å². The van der Waals surface area contributed by atoms with Gasteiger partial charge >= 0.3 is 5.97 Å². The first-order chi connectivity index (χ1) is 9.16. The fourth-order valence-electron chi connectivity index (χ4n) is 1.91. The molecule has 0 amide bonds. The van der Waals surface area contributed by atoms with Crippen molar-refractivity contribution in [1.29, 1.82) is 0 Å². The molecule has 0 aliphatic rings. The number of hydrogen-bond acceptors (Lipinski definition) is 4. The summed E-state index contributed by atoms with van der Waals surface area (Å²) < 4.78 is 1.65. The topological polar surface area (TPSA) is 80.9 Å². The molecule has 0 fully saturated rings. The molecule has 0 bridgehead atoms. The van der Waals surface area contributed by atoms with Gasteiger partial charge in [0.25, 0.3) is 0 Å². The minimum atomic E-state index is -1.11. The highest BCUT2D eigenvalue weighted by molar-refractivity contribution is 6.00. The number of carboxylic acids is 1. The third kappa shape index (κ3) is 1.83. The summed E-state index contributed by atoms with van der Waals surface area (Å²) >= 11 is 0. The van der Waals surface area contributed by atoms with Gasteiger partial charge in [-0.1, -0.05) is 17.7 Å². The van der Waals surface area contributed by atoms with Crippen LogP contribution in [0.4, 0.5) is 0 Å². The highest BCUT2D eigenvalue weighted by Gasteiger charge is 2.15. The molecule has 0 spiro atoms. The van der Waals surface area contributed by atoms with Crippen molar-refractivity contribution >= 4 is 16.9 Å². The molecule has 1 aromatic carbocycles. The molecule has 0 radical (unpaired) electrons. The number of hydrogen-bond donors (Lipinski definition) is 1. The summed E-state index contributed by atoms with van der Waals surface area (Å²) in [5, 5.41) is 21.1. The van der Waals surface area contributed by atoms with Gasteiger partial charge in [-0.15, -0.1) is 5.10 Å². The molecular formula is C13H10N4O2. The third-order valence-electron chi connectivity index (χ3n) is 2.88. The molecule has 2 heterocycles. The van der Waals surface area contributed by atoms with E-state index in [-0.39, 0.29) is 5.69 Å². The van der Waals surface area contributed by atoms with E-state index in [2.05, 4.69) is 15.3 Å². The van der Waals surface area contributed by atoms with Crippen LogP contribution in [0.1, 0.15) is 16.1 Å². The number of rotatable bonds is 2. The van der Waals surface area contributed by atoms with Gasteiger partial charge in [-0.2, -0.15) is 10.2 Å². The maximum absolute atomic E-state index is 11.1. The summed E-state index contributed by atoms with van der Waals surface area (Å²) in [6.07, 6.45) is 3.00. The molecular weight excluding hydrogens is 244 g/mol. The number of carboxylic acid groups (broad SMARTS) is 1. The number of fused-ring (bicyclic) bond motifs is 1. The standard InChI is InChI=1S/C13H10N4O2/c1-8-2-4-9(5-3-8)17-11-7-14-16-12(13(18)19)10(11)6-15-17/h2-7H,1H3,(H,18,19). The largest absolute Gasteiger partial charge is 0.476 e. The molecule has 0 atom stereocenters. The van der Waals surface area contributed by atoms with Crippen molar-refractivity contribution in [1.82, 2.24) is 20.0 Å². The van der Waals surface area contributed by atoms with Crippen molar-refractivity contribution < 1.29 is 9.90 Å². The van der Waals surface area contributed by atoms with E-state index in [0.29, 0.717) is 10.9 Å². The Morgan fingerprint density at radius 2 is 1.95 bits per heavy atom. The predicted molar refractivity (Wildman–Crippen MR) is 68.4 cm³/mol. The number of benzene rings is 1. The van der Waals surface area contributed by atoms with E-state index < -0.39 is 5.97 Å². The molecule has 19 heavy (non-hydrogen) atoms. The molecule has 3 rings (SSSR count). The van der Waals surface area contributed by atoms with Crippen LogP contribution in [-0.2, 0) is 0 Å². The van der Waals surface area contributed by atoms with Gasteiger partial charge < -0.3 is 5.11 Å². The monoisotopic (exact) mass is 254 g/mol. The third-order valence-corrected chi connectivity index (χ3v) is 2.88. The zero-order valence-electron chi connectivity index (χ0n) is 10.1. The molecule has 0 aliphatic heterocycles. The lowest BCUT2D eigenvalue weighted by atomic mass is 10.2. The van der Waals surface area contributed by atoms with E-state index >= 15 is 0 Å². The number of aromatic nitrogens is 4. The second-order valence-electron chi connectivity index (χ2n) is 4.19. The van der Waals surface area contributed by atoms with Crippen LogP contribution in [0.15, 0.2) is 36.7 Å². The fourth-order valence-corrected chi connectivity index (χ4v) is 1.91. The highest BCUT2D eigenvalue weighted by atomic mass is 16.4. The summed E-state index contributed by atoms with van der Waals surface area (Å²) in [7, 11) is 0. The average molecular weight is 254 g/mol. The minimum Gasteiger partial charge on any atom is -0.476 e. The Kier molecular flexibility index (Phi) is 2.49. The van der Waals surface area contributed by atoms with E-state index in [1.165, 1.54) is 12.4 Å². The van der Waals surface area contributed by atoms with Crippen molar-refractivity contribution in [2.45, 2.75) is 6.92 Å². The average Bonchev–Trinajstić information content (AvgIpc) is 2.83. The van der Waals surface area contributed by atoms with Crippen LogP contribution in [0.3, 0.4) is 0 Å². The van der Waals surface area contributed by atoms with Gasteiger partial charge in [0.2, 0.25) is 0 Å². The lowest BCUT2D eigenvalue weighted by molar-refractivity contribution is 0.0691. The second-order valence-corrected chi connectivity index (χ2v) is 4.19. The summed E-state index contributed by atoms with van der Waals surface area (Å²) in [6, 6.07) is 7.77. The molecule has 6 nitrogen and oxygen atoms in total. The molecule has 1 N–H and O–H groups in total. The first-order valence-electron chi connectivity index (χ1n) is 5.66. The van der Waals surface area contributed by atoms with Gasteiger partial charge in [0.1, 0.15) is 0 Å². The minimum absolute atomic E-state index is 0.0872. The first-order valence-corrected chi connectivity index (χ1v) is 5.66. The van der Waals surface area contributed by atoms with Gasteiger partial charge in [-0.25, -0.2) is 9.48 Å². The van der Waals surface area contributed by atoms with E-state index in [0.717, 1.165) is 11.3 Å². The Bertz CT molecular complexity index is 762. The molecule has 6 heteroatoms. The van der Waals surface area contributed by atoms with Crippen LogP contribution >= 0.6 is 0 Å². The Hall–Kier alpha value is -2.76. The number of nitrogens with zero attached hydrogens (tertiary/aromatic N) is 4. The number of aromatic carboxylic acids is 1. The van der Waals surface area contributed by atoms with Crippen LogP contribution in [0.5, 0.6) is 0 Å². The van der Waals surface area contributed by atoms with E-state index in [9.17, 15) is 4.79 Å². The molecule has 0 saturated carbocycles. The van der Waals surface area contributed by atoms with Crippen molar-refractivity contribution in [2.24, 2.45) is 0 Å². The highest BCUT2D eigenvalue weighted by Crippen LogP contribution is 2.19. The molecule has 0 unspecified atom stereocenters. The van der Waals surface area contributed by atoms with Crippen molar-refractivity contribution in [2.75, 3.05) is 0 Å². The number of aryl methyl sites for hydroxylation is 1. The van der Waals surface area contributed by atoms with Crippen LogP contribution < -0.4 is 0 Å². The zero-order chi connectivity index (χ0) is 13.4. The summed E-state index contributed by atoms with van der Waals surface area (Å²) in [5.74, 6) is -1.11. The molecule has 0 aliphatic carbocycles. The van der Waals surface area contributed by atoms with Crippen molar-refractivity contribution in [3.05, 3.63) is 47.9 Å². The molecule has 3 aromatic rings. The van der Waals surface area contributed by atoms with Gasteiger partial charge in [0.05, 0.1) is 29.0 Å². The second kappa shape index (κ2) is 4.16. The van der Waals surface area contributed by atoms with Crippen molar-refractivity contribution in [3.8, 4) is 5.69 Å². The first kappa shape index (κ1) is 11.3. The smallest absolute Gasteiger partial charge is 0.357 e. The van der Waals surface area contributed by atoms with Crippen molar-refractivity contribution in [3.63, 3.8) is 0 Å². The predicted octanol–water partition coefficient (Wildman–Crippen LogP) is 1.82. The summed E-state index contributed by atoms with van der Waals surface area (Å²) in [5.41, 5.74) is 2.53. The maximum Gasteiger partial charge on any atom is 0.357 e. The molecule has 0 saturated heterocycles. The summed E-state index contributed by atoms with van der Waals surface area (Å²) in [6.45, 7) is 2.00. The van der Waals surface area contributed by atoms with Crippen LogP contribution in [0.25, 0.3) is 16.6 Å². The maximum atomic E-state index is 11.1. The fraction of sp³-hybridized carbons (Fsp3) is 0.0769. The molecule has 94 valence electrons. The molecule has 2 aromatic heterocycles. The van der Waals surface area contributed by atoms with Gasteiger partial charge in [-0.3, -0.25) is 0 Å². The lowest BCUT2D eigenvalue weighted by Crippen LogP contribution is -2.03. The Morgan fingerprint density at radius 3 is 2.63 bits per heavy atom. The SMILES string of the molecule is Cc1ccc(-n2ncc3c(C(=O)O)nncc32)cc1. The Labute approximate surface area is 108 Å². The van der Waals surface area contributed by atoms with Crippen LogP contribution in [0.2, 0.25) is 0 Å². The Balaban J connectivity index is 2.24. The van der Waals surface area contributed by atoms with Gasteiger partial charge in [0, 0.05) is 0 Å².